The third-order valence-electron chi connectivity index (χ3n) is 4.89. The molecule has 1 N–H and O–H groups in total. The van der Waals surface area contributed by atoms with Crippen LogP contribution in [0.15, 0.2) is 60.9 Å². The second kappa shape index (κ2) is 8.20. The van der Waals surface area contributed by atoms with Crippen molar-refractivity contribution >= 4 is 0 Å². The Balaban J connectivity index is 1.34. The van der Waals surface area contributed by atoms with Crippen LogP contribution in [0.25, 0.3) is 11.1 Å². The lowest BCUT2D eigenvalue weighted by atomic mass is 10.00. The number of rotatable bonds is 5. The standard InChI is InChI=1S/C23H20FN3O/c24-21-5-2-18(3-6-21)20-10-17(12-26-14-20)13-27-15-22-7-4-19-9-16(11-25)1-8-23(19)28-22/h1-3,5-6,8-10,12,14,22,27H,4,7,13,15H2. The number of fused-ring (bicyclic) bond motifs is 1. The van der Waals surface area contributed by atoms with Crippen molar-refractivity contribution < 1.29 is 9.13 Å². The fourth-order valence-corrected chi connectivity index (χ4v) is 3.42. The van der Waals surface area contributed by atoms with Gasteiger partial charge in [0.1, 0.15) is 17.7 Å². The van der Waals surface area contributed by atoms with Crippen LogP contribution in [0.5, 0.6) is 5.75 Å². The summed E-state index contributed by atoms with van der Waals surface area (Å²) in [6, 6.07) is 16.2. The zero-order valence-corrected chi connectivity index (χ0v) is 15.4. The van der Waals surface area contributed by atoms with Gasteiger partial charge in [0.25, 0.3) is 0 Å². The van der Waals surface area contributed by atoms with E-state index in [9.17, 15) is 4.39 Å². The van der Waals surface area contributed by atoms with E-state index in [2.05, 4.69) is 22.4 Å². The molecule has 0 aliphatic carbocycles. The first-order valence-electron chi connectivity index (χ1n) is 9.31. The molecule has 1 aliphatic heterocycles. The van der Waals surface area contributed by atoms with Crippen molar-refractivity contribution in [1.29, 1.82) is 5.26 Å². The van der Waals surface area contributed by atoms with E-state index in [1.807, 2.05) is 18.3 Å². The van der Waals surface area contributed by atoms with Crippen molar-refractivity contribution in [3.8, 4) is 22.9 Å². The summed E-state index contributed by atoms with van der Waals surface area (Å²) in [6.07, 6.45) is 5.56. The summed E-state index contributed by atoms with van der Waals surface area (Å²) in [5.74, 6) is 0.629. The number of nitrogens with zero attached hydrogens (tertiary/aromatic N) is 2. The van der Waals surface area contributed by atoms with Gasteiger partial charge in [-0.15, -0.1) is 0 Å². The van der Waals surface area contributed by atoms with E-state index in [0.29, 0.717) is 12.1 Å². The first kappa shape index (κ1) is 18.1. The normalized spacial score (nSPS) is 15.4. The quantitative estimate of drug-likeness (QED) is 0.727. The molecular formula is C23H20FN3O. The van der Waals surface area contributed by atoms with Crippen molar-refractivity contribution in [2.75, 3.05) is 6.54 Å². The van der Waals surface area contributed by atoms with E-state index in [1.165, 1.54) is 12.1 Å². The fourth-order valence-electron chi connectivity index (χ4n) is 3.42. The molecule has 28 heavy (non-hydrogen) atoms. The molecule has 3 aromatic rings. The predicted octanol–water partition coefficient (Wildman–Crippen LogP) is 4.24. The summed E-state index contributed by atoms with van der Waals surface area (Å²) >= 11 is 0. The van der Waals surface area contributed by atoms with E-state index in [4.69, 9.17) is 10.00 Å². The van der Waals surface area contributed by atoms with Gasteiger partial charge in [-0.1, -0.05) is 12.1 Å². The van der Waals surface area contributed by atoms with Gasteiger partial charge in [-0.25, -0.2) is 4.39 Å². The summed E-state index contributed by atoms with van der Waals surface area (Å²) in [6.45, 7) is 1.42. The van der Waals surface area contributed by atoms with Crippen molar-refractivity contribution in [3.05, 3.63) is 83.4 Å². The molecule has 0 amide bonds. The number of ether oxygens (including phenoxy) is 1. The molecular weight excluding hydrogens is 353 g/mol. The van der Waals surface area contributed by atoms with Crippen LogP contribution < -0.4 is 10.1 Å². The molecule has 0 radical (unpaired) electrons. The van der Waals surface area contributed by atoms with Gasteiger partial charge in [0.05, 0.1) is 11.6 Å². The number of nitrogens with one attached hydrogen (secondary N) is 1. The maximum Gasteiger partial charge on any atom is 0.123 e. The van der Waals surface area contributed by atoms with Crippen LogP contribution >= 0.6 is 0 Å². The Labute approximate surface area is 163 Å². The Morgan fingerprint density at radius 2 is 1.96 bits per heavy atom. The van der Waals surface area contributed by atoms with E-state index < -0.39 is 0 Å². The highest BCUT2D eigenvalue weighted by Gasteiger charge is 2.19. The van der Waals surface area contributed by atoms with Gasteiger partial charge in [-0.3, -0.25) is 4.98 Å². The molecule has 5 heteroatoms. The summed E-state index contributed by atoms with van der Waals surface area (Å²) in [7, 11) is 0. The fraction of sp³-hybridized carbons (Fsp3) is 0.217. The molecule has 1 atom stereocenters. The second-order valence-electron chi connectivity index (χ2n) is 6.93. The predicted molar refractivity (Wildman–Crippen MR) is 105 cm³/mol. The molecule has 0 saturated heterocycles. The average Bonchev–Trinajstić information content (AvgIpc) is 2.74. The van der Waals surface area contributed by atoms with Gasteiger partial charge in [-0.05, 0) is 65.9 Å². The number of aryl methyl sites for hydroxylation is 1. The Morgan fingerprint density at radius 1 is 1.11 bits per heavy atom. The van der Waals surface area contributed by atoms with Crippen LogP contribution in [0.3, 0.4) is 0 Å². The molecule has 0 fully saturated rings. The first-order chi connectivity index (χ1) is 13.7. The smallest absolute Gasteiger partial charge is 0.123 e. The van der Waals surface area contributed by atoms with Crippen LogP contribution in [0, 0.1) is 17.1 Å². The van der Waals surface area contributed by atoms with Gasteiger partial charge < -0.3 is 10.1 Å². The molecule has 4 nitrogen and oxygen atoms in total. The molecule has 0 bridgehead atoms. The van der Waals surface area contributed by atoms with E-state index in [-0.39, 0.29) is 11.9 Å². The number of pyridine rings is 1. The maximum absolute atomic E-state index is 13.1. The van der Waals surface area contributed by atoms with Crippen LogP contribution in [0.2, 0.25) is 0 Å². The summed E-state index contributed by atoms with van der Waals surface area (Å²) in [4.78, 5) is 4.30. The van der Waals surface area contributed by atoms with E-state index >= 15 is 0 Å². The number of hydrogen-bond acceptors (Lipinski definition) is 4. The highest BCUT2D eigenvalue weighted by molar-refractivity contribution is 5.62. The number of benzene rings is 2. The SMILES string of the molecule is N#Cc1ccc2c(c1)CCC(CNCc1cncc(-c3ccc(F)cc3)c1)O2. The Morgan fingerprint density at radius 3 is 2.79 bits per heavy atom. The van der Waals surface area contributed by atoms with Gasteiger partial charge >= 0.3 is 0 Å². The van der Waals surface area contributed by atoms with Crippen LogP contribution in [0.1, 0.15) is 23.1 Å². The first-order valence-corrected chi connectivity index (χ1v) is 9.31. The second-order valence-corrected chi connectivity index (χ2v) is 6.93. The van der Waals surface area contributed by atoms with Crippen molar-refractivity contribution in [2.45, 2.75) is 25.5 Å². The molecule has 1 aliphatic rings. The number of nitriles is 1. The minimum atomic E-state index is -0.243. The topological polar surface area (TPSA) is 57.9 Å². The molecule has 0 spiro atoms. The monoisotopic (exact) mass is 373 g/mol. The lowest BCUT2D eigenvalue weighted by Gasteiger charge is -2.26. The number of aromatic nitrogens is 1. The Hall–Kier alpha value is -3.23. The maximum atomic E-state index is 13.1. The third-order valence-corrected chi connectivity index (χ3v) is 4.89. The van der Waals surface area contributed by atoms with Gasteiger partial charge in [0, 0.05) is 31.0 Å². The molecule has 140 valence electrons. The number of halogens is 1. The lowest BCUT2D eigenvalue weighted by Crippen LogP contribution is -2.34. The summed E-state index contributed by atoms with van der Waals surface area (Å²) in [5.41, 5.74) is 4.76. The highest BCUT2D eigenvalue weighted by atomic mass is 19.1. The zero-order chi connectivity index (χ0) is 19.3. The third kappa shape index (κ3) is 4.19. The molecule has 2 heterocycles. The van der Waals surface area contributed by atoms with Gasteiger partial charge in [0.2, 0.25) is 0 Å². The number of hydrogen-bond donors (Lipinski definition) is 1. The van der Waals surface area contributed by atoms with Crippen LogP contribution in [-0.4, -0.2) is 17.6 Å². The van der Waals surface area contributed by atoms with Crippen LogP contribution in [0.4, 0.5) is 4.39 Å². The van der Waals surface area contributed by atoms with Crippen molar-refractivity contribution in [2.24, 2.45) is 0 Å². The summed E-state index contributed by atoms with van der Waals surface area (Å²) in [5, 5.41) is 12.4. The lowest BCUT2D eigenvalue weighted by molar-refractivity contribution is 0.170. The minimum Gasteiger partial charge on any atom is -0.489 e. The molecule has 0 saturated carbocycles. The van der Waals surface area contributed by atoms with Gasteiger partial charge in [-0.2, -0.15) is 5.26 Å². The zero-order valence-electron chi connectivity index (χ0n) is 15.4. The van der Waals surface area contributed by atoms with E-state index in [0.717, 1.165) is 47.4 Å². The summed E-state index contributed by atoms with van der Waals surface area (Å²) < 4.78 is 19.2. The largest absolute Gasteiger partial charge is 0.489 e. The Kier molecular flexibility index (Phi) is 5.31. The van der Waals surface area contributed by atoms with Gasteiger partial charge in [0.15, 0.2) is 0 Å². The van der Waals surface area contributed by atoms with E-state index in [1.54, 1.807) is 24.4 Å². The Bertz CT molecular complexity index is 1010. The molecule has 4 rings (SSSR count). The minimum absolute atomic E-state index is 0.105. The van der Waals surface area contributed by atoms with Crippen LogP contribution in [-0.2, 0) is 13.0 Å². The molecule has 1 aromatic heterocycles. The molecule has 2 aromatic carbocycles. The molecule has 1 unspecified atom stereocenters. The van der Waals surface area contributed by atoms with Crippen molar-refractivity contribution in [1.82, 2.24) is 10.3 Å². The average molecular weight is 373 g/mol. The van der Waals surface area contributed by atoms with Crippen molar-refractivity contribution in [3.63, 3.8) is 0 Å². The highest BCUT2D eigenvalue weighted by Crippen LogP contribution is 2.28.